The first-order valence-corrected chi connectivity index (χ1v) is 13.4. The standard InChI is InChI=1S/C33H24N4S/c1-5-15-25(16-6-1)31-29-23-13-14-24-30(29)33(36(34-31)27-19-9-3-10-20-27)37(28-21-11-4-12-22-28)35-32(38-33)26-17-7-2-8-18-26/h1-24H. The molecular weight excluding hydrogens is 484 g/mol. The van der Waals surface area contributed by atoms with Crippen LogP contribution < -0.4 is 10.0 Å². The van der Waals surface area contributed by atoms with Crippen molar-refractivity contribution < 1.29 is 0 Å². The Morgan fingerprint density at radius 3 is 1.55 bits per heavy atom. The third kappa shape index (κ3) is 3.63. The molecule has 0 saturated carbocycles. The van der Waals surface area contributed by atoms with Gasteiger partial charge < -0.3 is 0 Å². The maximum Gasteiger partial charge on any atom is 0.234 e. The maximum absolute atomic E-state index is 5.42. The summed E-state index contributed by atoms with van der Waals surface area (Å²) in [7, 11) is 0. The van der Waals surface area contributed by atoms with Gasteiger partial charge in [0.2, 0.25) is 4.99 Å². The van der Waals surface area contributed by atoms with Gasteiger partial charge in [0, 0.05) is 22.3 Å². The predicted octanol–water partition coefficient (Wildman–Crippen LogP) is 7.68. The average molecular weight is 509 g/mol. The van der Waals surface area contributed by atoms with E-state index < -0.39 is 4.99 Å². The van der Waals surface area contributed by atoms with E-state index in [1.54, 1.807) is 11.8 Å². The van der Waals surface area contributed by atoms with Crippen molar-refractivity contribution in [3.63, 3.8) is 0 Å². The summed E-state index contributed by atoms with van der Waals surface area (Å²) in [5, 5.41) is 15.9. The van der Waals surface area contributed by atoms with Crippen LogP contribution in [0.2, 0.25) is 0 Å². The van der Waals surface area contributed by atoms with E-state index in [2.05, 4.69) is 131 Å². The van der Waals surface area contributed by atoms with Gasteiger partial charge in [-0.15, -0.1) is 0 Å². The molecule has 1 atom stereocenters. The molecule has 7 rings (SSSR count). The lowest BCUT2D eigenvalue weighted by Gasteiger charge is -2.47. The van der Waals surface area contributed by atoms with Crippen LogP contribution in [0.5, 0.6) is 0 Å². The van der Waals surface area contributed by atoms with Gasteiger partial charge in [0.25, 0.3) is 0 Å². The van der Waals surface area contributed by atoms with Crippen molar-refractivity contribution in [3.05, 3.63) is 168 Å². The zero-order valence-electron chi connectivity index (χ0n) is 20.6. The number of rotatable bonds is 4. The summed E-state index contributed by atoms with van der Waals surface area (Å²) in [5.74, 6) is 0. The third-order valence-corrected chi connectivity index (χ3v) is 8.17. The van der Waals surface area contributed by atoms with E-state index in [9.17, 15) is 0 Å². The van der Waals surface area contributed by atoms with Gasteiger partial charge in [-0.1, -0.05) is 121 Å². The van der Waals surface area contributed by atoms with Crippen LogP contribution in [0, 0.1) is 0 Å². The highest BCUT2D eigenvalue weighted by molar-refractivity contribution is 8.15. The molecule has 2 aliphatic heterocycles. The molecule has 0 aliphatic carbocycles. The fourth-order valence-electron chi connectivity index (χ4n) is 5.08. The minimum absolute atomic E-state index is 0.775. The minimum Gasteiger partial charge on any atom is -0.223 e. The number of thioether (sulfide) groups is 1. The van der Waals surface area contributed by atoms with Crippen LogP contribution in [0.25, 0.3) is 0 Å². The molecule has 38 heavy (non-hydrogen) atoms. The van der Waals surface area contributed by atoms with E-state index in [-0.39, 0.29) is 0 Å². The molecule has 1 spiro atoms. The van der Waals surface area contributed by atoms with Crippen LogP contribution in [0.4, 0.5) is 11.4 Å². The molecule has 0 N–H and O–H groups in total. The first kappa shape index (κ1) is 22.6. The number of anilines is 2. The van der Waals surface area contributed by atoms with Crippen molar-refractivity contribution in [2.45, 2.75) is 4.99 Å². The smallest absolute Gasteiger partial charge is 0.223 e. The molecule has 0 radical (unpaired) electrons. The van der Waals surface area contributed by atoms with Gasteiger partial charge in [0.1, 0.15) is 5.04 Å². The van der Waals surface area contributed by atoms with Crippen molar-refractivity contribution in [1.82, 2.24) is 0 Å². The van der Waals surface area contributed by atoms with Gasteiger partial charge in [-0.3, -0.25) is 0 Å². The molecule has 2 aliphatic rings. The van der Waals surface area contributed by atoms with Gasteiger partial charge in [-0.05, 0) is 36.0 Å². The monoisotopic (exact) mass is 508 g/mol. The third-order valence-electron chi connectivity index (χ3n) is 6.81. The van der Waals surface area contributed by atoms with Gasteiger partial charge >= 0.3 is 0 Å². The van der Waals surface area contributed by atoms with E-state index in [0.29, 0.717) is 0 Å². The fraction of sp³-hybridized carbons (Fsp3) is 0.0303. The highest BCUT2D eigenvalue weighted by atomic mass is 32.2. The number of benzene rings is 5. The number of hydrogen-bond donors (Lipinski definition) is 0. The predicted molar refractivity (Wildman–Crippen MR) is 159 cm³/mol. The zero-order chi connectivity index (χ0) is 25.4. The molecule has 0 bridgehead atoms. The normalized spacial score (nSPS) is 18.2. The van der Waals surface area contributed by atoms with Gasteiger partial charge in [-0.25, -0.2) is 10.0 Å². The molecule has 1 unspecified atom stereocenters. The Kier molecular flexibility index (Phi) is 5.56. The van der Waals surface area contributed by atoms with Crippen molar-refractivity contribution in [2.24, 2.45) is 10.2 Å². The summed E-state index contributed by atoms with van der Waals surface area (Å²) in [6.07, 6.45) is 0. The molecule has 182 valence electrons. The lowest BCUT2D eigenvalue weighted by atomic mass is 9.93. The lowest BCUT2D eigenvalue weighted by molar-refractivity contribution is 0.550. The van der Waals surface area contributed by atoms with Crippen molar-refractivity contribution >= 4 is 33.9 Å². The molecule has 0 fully saturated rings. The molecular formula is C33H24N4S. The van der Waals surface area contributed by atoms with Gasteiger partial charge in [0.15, 0.2) is 0 Å². The fourth-order valence-corrected chi connectivity index (χ4v) is 6.48. The first-order valence-electron chi connectivity index (χ1n) is 12.6. The molecule has 5 aromatic rings. The van der Waals surface area contributed by atoms with Gasteiger partial charge in [-0.2, -0.15) is 10.2 Å². The van der Waals surface area contributed by atoms with Crippen LogP contribution in [-0.2, 0) is 4.99 Å². The largest absolute Gasteiger partial charge is 0.234 e. The summed E-state index contributed by atoms with van der Waals surface area (Å²) in [6.45, 7) is 0. The van der Waals surface area contributed by atoms with Crippen LogP contribution in [0.1, 0.15) is 22.3 Å². The van der Waals surface area contributed by atoms with Gasteiger partial charge in [0.05, 0.1) is 17.1 Å². The van der Waals surface area contributed by atoms with Crippen molar-refractivity contribution in [1.29, 1.82) is 0 Å². The summed E-state index contributed by atoms with van der Waals surface area (Å²) in [6, 6.07) is 50.2. The van der Waals surface area contributed by atoms with E-state index in [1.165, 1.54) is 0 Å². The van der Waals surface area contributed by atoms with Crippen LogP contribution in [0.15, 0.2) is 156 Å². The van der Waals surface area contributed by atoms with E-state index in [4.69, 9.17) is 10.2 Å². The van der Waals surface area contributed by atoms with Crippen molar-refractivity contribution in [2.75, 3.05) is 10.0 Å². The van der Waals surface area contributed by atoms with Crippen molar-refractivity contribution in [3.8, 4) is 0 Å². The Bertz CT molecular complexity index is 1640. The zero-order valence-corrected chi connectivity index (χ0v) is 21.4. The average Bonchev–Trinajstić information content (AvgIpc) is 3.40. The highest BCUT2D eigenvalue weighted by Gasteiger charge is 2.55. The Balaban J connectivity index is 1.53. The highest BCUT2D eigenvalue weighted by Crippen LogP contribution is 2.55. The molecule has 0 saturated heterocycles. The van der Waals surface area contributed by atoms with Crippen LogP contribution in [0.3, 0.4) is 0 Å². The summed E-state index contributed by atoms with van der Waals surface area (Å²) in [5.41, 5.74) is 7.34. The molecule has 0 aromatic heterocycles. The van der Waals surface area contributed by atoms with E-state index >= 15 is 0 Å². The Morgan fingerprint density at radius 2 is 0.947 bits per heavy atom. The Hall–Kier alpha value is -4.61. The van der Waals surface area contributed by atoms with E-state index in [0.717, 1.165) is 44.4 Å². The minimum atomic E-state index is -0.775. The first-order chi connectivity index (χ1) is 18.8. The second-order valence-electron chi connectivity index (χ2n) is 9.14. The second kappa shape index (κ2) is 9.36. The number of nitrogens with zero attached hydrogens (tertiary/aromatic N) is 4. The van der Waals surface area contributed by atoms with Crippen LogP contribution in [-0.4, -0.2) is 10.8 Å². The number of hydrogen-bond acceptors (Lipinski definition) is 5. The SMILES string of the molecule is c1ccc(C2=NN(c3ccccc3)C3(S2)c2ccccc2C(c2ccccc2)=NN3c2ccccc2)cc1. The van der Waals surface area contributed by atoms with E-state index in [1.807, 2.05) is 24.3 Å². The molecule has 4 nitrogen and oxygen atoms in total. The lowest BCUT2D eigenvalue weighted by Crippen LogP contribution is -2.54. The number of hydrazone groups is 2. The quantitative estimate of drug-likeness (QED) is 0.249. The maximum atomic E-state index is 5.42. The summed E-state index contributed by atoms with van der Waals surface area (Å²) >= 11 is 1.73. The van der Waals surface area contributed by atoms with Crippen LogP contribution >= 0.6 is 11.8 Å². The number of fused-ring (bicyclic) bond motifs is 2. The summed E-state index contributed by atoms with van der Waals surface area (Å²) < 4.78 is 0. The summed E-state index contributed by atoms with van der Waals surface area (Å²) in [4.78, 5) is -0.775. The Labute approximate surface area is 226 Å². The topological polar surface area (TPSA) is 31.2 Å². The second-order valence-corrected chi connectivity index (χ2v) is 10.3. The molecule has 5 heteroatoms. The molecule has 2 heterocycles. The molecule has 0 amide bonds. The number of para-hydroxylation sites is 2. The molecule has 5 aromatic carbocycles. The Morgan fingerprint density at radius 1 is 0.474 bits per heavy atom.